The van der Waals surface area contributed by atoms with Gasteiger partial charge in [0.1, 0.15) is 5.75 Å². The molecular weight excluding hydrogens is 280 g/mol. The number of nitrogens with zero attached hydrogens (tertiary/aromatic N) is 1. The van der Waals surface area contributed by atoms with Crippen LogP contribution in [0.3, 0.4) is 0 Å². The van der Waals surface area contributed by atoms with E-state index in [4.69, 9.17) is 10.5 Å². The zero-order valence-electron chi connectivity index (χ0n) is 12.2. The van der Waals surface area contributed by atoms with E-state index in [1.54, 1.807) is 0 Å². The van der Waals surface area contributed by atoms with Gasteiger partial charge in [0.15, 0.2) is 5.17 Å². The molecule has 4 heteroatoms. The Hall–Kier alpha value is -1.94. The summed E-state index contributed by atoms with van der Waals surface area (Å²) in [5, 5.41) is 0.603. The number of benzene rings is 2. The fourth-order valence-electron chi connectivity index (χ4n) is 1.74. The first-order valence-electron chi connectivity index (χ1n) is 6.90. The van der Waals surface area contributed by atoms with Gasteiger partial charge >= 0.3 is 0 Å². The number of thioether (sulfide) groups is 1. The normalized spacial score (nSPS) is 11.4. The van der Waals surface area contributed by atoms with E-state index in [1.165, 1.54) is 17.3 Å². The van der Waals surface area contributed by atoms with E-state index in [1.807, 2.05) is 54.6 Å². The third kappa shape index (κ3) is 5.92. The maximum Gasteiger partial charge on any atom is 0.154 e. The van der Waals surface area contributed by atoms with Crippen molar-refractivity contribution >= 4 is 16.9 Å². The summed E-state index contributed by atoms with van der Waals surface area (Å²) in [5.41, 5.74) is 8.27. The van der Waals surface area contributed by atoms with Crippen LogP contribution in [-0.2, 0) is 6.54 Å². The molecular formula is C17H20N2OS. The summed E-state index contributed by atoms with van der Waals surface area (Å²) in [5.74, 6) is 1.68. The Labute approximate surface area is 130 Å². The Balaban J connectivity index is 1.67. The van der Waals surface area contributed by atoms with Gasteiger partial charge in [-0.1, -0.05) is 59.8 Å². The lowest BCUT2D eigenvalue weighted by molar-refractivity contribution is 0.344. The number of rotatable bonds is 6. The minimum absolute atomic E-state index is 0.603. The zero-order chi connectivity index (χ0) is 14.9. The molecule has 0 spiro atoms. The van der Waals surface area contributed by atoms with Crippen LogP contribution in [0.5, 0.6) is 5.75 Å². The predicted octanol–water partition coefficient (Wildman–Crippen LogP) is 3.62. The average molecular weight is 300 g/mol. The number of nitrogens with two attached hydrogens (primary N) is 1. The fraction of sp³-hybridized carbons (Fsp3) is 0.235. The van der Waals surface area contributed by atoms with Crippen LogP contribution in [0.25, 0.3) is 0 Å². The van der Waals surface area contributed by atoms with Crippen molar-refractivity contribution in [2.45, 2.75) is 13.5 Å². The summed E-state index contributed by atoms with van der Waals surface area (Å²) in [4.78, 5) is 4.35. The van der Waals surface area contributed by atoms with E-state index < -0.39 is 0 Å². The molecule has 0 saturated carbocycles. The Morgan fingerprint density at radius 3 is 2.52 bits per heavy atom. The molecule has 3 nitrogen and oxygen atoms in total. The van der Waals surface area contributed by atoms with Gasteiger partial charge in [-0.3, -0.25) is 4.99 Å². The molecule has 0 aromatic heterocycles. The van der Waals surface area contributed by atoms with E-state index in [0.29, 0.717) is 18.3 Å². The number of aliphatic imine (C=N–C) groups is 1. The molecule has 2 N–H and O–H groups in total. The van der Waals surface area contributed by atoms with Crippen molar-refractivity contribution < 1.29 is 4.74 Å². The number of ether oxygens (including phenoxy) is 1. The summed E-state index contributed by atoms with van der Waals surface area (Å²) in [6.07, 6.45) is 0. The first-order valence-corrected chi connectivity index (χ1v) is 7.89. The molecule has 0 radical (unpaired) electrons. The molecule has 0 heterocycles. The molecule has 0 saturated heterocycles. The van der Waals surface area contributed by atoms with Crippen molar-refractivity contribution in [1.29, 1.82) is 0 Å². The molecule has 0 aliphatic carbocycles. The Bertz CT molecular complexity index is 567. The van der Waals surface area contributed by atoms with Crippen molar-refractivity contribution in [1.82, 2.24) is 0 Å². The third-order valence-corrected chi connectivity index (χ3v) is 3.68. The van der Waals surface area contributed by atoms with Crippen molar-refractivity contribution in [3.63, 3.8) is 0 Å². The molecule has 2 aromatic carbocycles. The van der Waals surface area contributed by atoms with Crippen LogP contribution in [0.15, 0.2) is 59.6 Å². The number of hydrogen-bond acceptors (Lipinski definition) is 3. The summed E-state index contributed by atoms with van der Waals surface area (Å²) >= 11 is 1.52. The maximum absolute atomic E-state index is 5.88. The minimum Gasteiger partial charge on any atom is -0.493 e. The molecule has 0 aliphatic heterocycles. The standard InChI is InChI=1S/C17H20N2OS/c1-14-7-9-16(10-8-14)20-11-12-21-17(18)19-13-15-5-3-2-4-6-15/h2-10H,11-13H2,1H3,(H2,18,19). The third-order valence-electron chi connectivity index (χ3n) is 2.88. The van der Waals surface area contributed by atoms with Crippen LogP contribution >= 0.6 is 11.8 Å². The van der Waals surface area contributed by atoms with E-state index in [-0.39, 0.29) is 0 Å². The highest BCUT2D eigenvalue weighted by Gasteiger charge is 1.97. The summed E-state index contributed by atoms with van der Waals surface area (Å²) in [6, 6.07) is 18.1. The number of aryl methyl sites for hydroxylation is 1. The van der Waals surface area contributed by atoms with Gasteiger partial charge in [0.25, 0.3) is 0 Å². The van der Waals surface area contributed by atoms with Crippen LogP contribution in [0.2, 0.25) is 0 Å². The molecule has 0 unspecified atom stereocenters. The van der Waals surface area contributed by atoms with E-state index in [0.717, 1.165) is 17.1 Å². The van der Waals surface area contributed by atoms with E-state index in [9.17, 15) is 0 Å². The van der Waals surface area contributed by atoms with Crippen molar-refractivity contribution in [3.8, 4) is 5.75 Å². The Morgan fingerprint density at radius 1 is 1.10 bits per heavy atom. The lowest BCUT2D eigenvalue weighted by Crippen LogP contribution is -2.10. The highest BCUT2D eigenvalue weighted by molar-refractivity contribution is 8.13. The molecule has 0 amide bonds. The quantitative estimate of drug-likeness (QED) is 0.503. The number of amidine groups is 1. The van der Waals surface area contributed by atoms with Gasteiger partial charge in [-0.15, -0.1) is 0 Å². The minimum atomic E-state index is 0.603. The van der Waals surface area contributed by atoms with Crippen LogP contribution in [0.4, 0.5) is 0 Å². The monoisotopic (exact) mass is 300 g/mol. The topological polar surface area (TPSA) is 47.6 Å². The van der Waals surface area contributed by atoms with Crippen LogP contribution in [0, 0.1) is 6.92 Å². The van der Waals surface area contributed by atoms with Gasteiger partial charge in [0, 0.05) is 5.75 Å². The molecule has 2 aromatic rings. The Kier molecular flexibility index (Phi) is 6.16. The fourth-order valence-corrected chi connectivity index (χ4v) is 2.27. The molecule has 0 bridgehead atoms. The van der Waals surface area contributed by atoms with Gasteiger partial charge in [0.2, 0.25) is 0 Å². The first-order chi connectivity index (χ1) is 10.2. The van der Waals surface area contributed by atoms with Crippen molar-refractivity contribution in [3.05, 3.63) is 65.7 Å². The molecule has 110 valence electrons. The highest BCUT2D eigenvalue weighted by atomic mass is 32.2. The highest BCUT2D eigenvalue weighted by Crippen LogP contribution is 2.12. The van der Waals surface area contributed by atoms with Crippen molar-refractivity contribution in [2.24, 2.45) is 10.7 Å². The summed E-state index contributed by atoms with van der Waals surface area (Å²) in [6.45, 7) is 3.30. The second kappa shape index (κ2) is 8.37. The SMILES string of the molecule is Cc1ccc(OCCSC(N)=NCc2ccccc2)cc1. The van der Waals surface area contributed by atoms with Crippen LogP contribution < -0.4 is 10.5 Å². The van der Waals surface area contributed by atoms with Gasteiger partial charge in [0.05, 0.1) is 13.2 Å². The van der Waals surface area contributed by atoms with Crippen molar-refractivity contribution in [2.75, 3.05) is 12.4 Å². The van der Waals surface area contributed by atoms with Crippen LogP contribution in [-0.4, -0.2) is 17.5 Å². The maximum atomic E-state index is 5.88. The van der Waals surface area contributed by atoms with Gasteiger partial charge in [-0.25, -0.2) is 0 Å². The summed E-state index contributed by atoms with van der Waals surface area (Å²) < 4.78 is 5.64. The predicted molar refractivity (Wildman–Crippen MR) is 90.9 cm³/mol. The zero-order valence-corrected chi connectivity index (χ0v) is 13.0. The van der Waals surface area contributed by atoms with E-state index >= 15 is 0 Å². The Morgan fingerprint density at radius 2 is 1.81 bits per heavy atom. The molecule has 0 atom stereocenters. The van der Waals surface area contributed by atoms with Gasteiger partial charge in [-0.05, 0) is 24.6 Å². The molecule has 0 aliphatic rings. The average Bonchev–Trinajstić information content (AvgIpc) is 2.52. The largest absolute Gasteiger partial charge is 0.493 e. The number of hydrogen-bond donors (Lipinski definition) is 1. The second-order valence-electron chi connectivity index (χ2n) is 4.65. The molecule has 2 rings (SSSR count). The molecule has 21 heavy (non-hydrogen) atoms. The van der Waals surface area contributed by atoms with Gasteiger partial charge < -0.3 is 10.5 Å². The lowest BCUT2D eigenvalue weighted by Gasteiger charge is -2.06. The van der Waals surface area contributed by atoms with E-state index in [2.05, 4.69) is 11.9 Å². The second-order valence-corrected chi connectivity index (χ2v) is 5.77. The summed E-state index contributed by atoms with van der Waals surface area (Å²) in [7, 11) is 0. The van der Waals surface area contributed by atoms with Gasteiger partial charge in [-0.2, -0.15) is 0 Å². The smallest absolute Gasteiger partial charge is 0.154 e. The lowest BCUT2D eigenvalue weighted by atomic mass is 10.2. The van der Waals surface area contributed by atoms with Crippen LogP contribution in [0.1, 0.15) is 11.1 Å². The first kappa shape index (κ1) is 15.4. The molecule has 0 fully saturated rings.